The van der Waals surface area contributed by atoms with E-state index in [1.807, 2.05) is 0 Å². The summed E-state index contributed by atoms with van der Waals surface area (Å²) >= 11 is 4.39. The van der Waals surface area contributed by atoms with Crippen LogP contribution >= 0.6 is 23.5 Å². The fraction of sp³-hybridized carbons (Fsp3) is 0.600. The number of benzene rings is 1. The normalized spacial score (nSPS) is 23.1. The molecule has 1 aromatic rings. The zero-order chi connectivity index (χ0) is 11.5. The van der Waals surface area contributed by atoms with Gasteiger partial charge >= 0.3 is 0 Å². The van der Waals surface area contributed by atoms with E-state index in [1.54, 1.807) is 11.1 Å². The van der Waals surface area contributed by atoms with Crippen LogP contribution in [0.2, 0.25) is 0 Å². The molecule has 92 valence electrons. The molecule has 0 bridgehead atoms. The van der Waals surface area contributed by atoms with Crippen LogP contribution in [0.3, 0.4) is 0 Å². The summed E-state index contributed by atoms with van der Waals surface area (Å²) in [5.41, 5.74) is 3.15. The van der Waals surface area contributed by atoms with Crippen LogP contribution < -0.4 is 0 Å². The highest BCUT2D eigenvalue weighted by Crippen LogP contribution is 2.43. The van der Waals surface area contributed by atoms with Gasteiger partial charge in [0.15, 0.2) is 0 Å². The van der Waals surface area contributed by atoms with Gasteiger partial charge in [-0.2, -0.15) is 0 Å². The van der Waals surface area contributed by atoms with Crippen molar-refractivity contribution in [2.75, 3.05) is 0 Å². The van der Waals surface area contributed by atoms with Gasteiger partial charge in [0.2, 0.25) is 0 Å². The van der Waals surface area contributed by atoms with E-state index >= 15 is 0 Å². The summed E-state index contributed by atoms with van der Waals surface area (Å²) in [5, 5.41) is 0. The van der Waals surface area contributed by atoms with E-state index in [0.29, 0.717) is 0 Å². The number of hydrogen-bond donors (Lipinski definition) is 0. The maximum absolute atomic E-state index is 2.31. The molecule has 0 aromatic heterocycles. The lowest BCUT2D eigenvalue weighted by Crippen LogP contribution is -2.17. The standard InChI is InChI=1S/C15H20S2/c1-2-6-12(7-3-1)15-16-10-13-8-4-5-9-14(13)11-17-15/h4-5,8-9,12,15H,1-3,6-7,10-11H2. The molecule has 0 nitrogen and oxygen atoms in total. The Bertz CT molecular complexity index is 342. The van der Waals surface area contributed by atoms with E-state index in [9.17, 15) is 0 Å². The van der Waals surface area contributed by atoms with Crippen molar-refractivity contribution in [3.05, 3.63) is 35.4 Å². The van der Waals surface area contributed by atoms with Gasteiger partial charge in [-0.15, -0.1) is 23.5 Å². The van der Waals surface area contributed by atoms with E-state index in [2.05, 4.69) is 47.8 Å². The third-order valence-electron chi connectivity index (χ3n) is 3.96. The predicted octanol–water partition coefficient (Wildman–Crippen LogP) is 5.07. The number of rotatable bonds is 1. The zero-order valence-corrected chi connectivity index (χ0v) is 11.9. The van der Waals surface area contributed by atoms with Crippen molar-refractivity contribution < 1.29 is 0 Å². The van der Waals surface area contributed by atoms with Crippen LogP contribution in [-0.2, 0) is 11.5 Å². The first-order chi connectivity index (χ1) is 8.43. The van der Waals surface area contributed by atoms with Gasteiger partial charge < -0.3 is 0 Å². The second-order valence-corrected chi connectivity index (χ2v) is 7.72. The second kappa shape index (κ2) is 5.71. The van der Waals surface area contributed by atoms with Gasteiger partial charge in [0, 0.05) is 11.5 Å². The molecular weight excluding hydrogens is 244 g/mol. The minimum Gasteiger partial charge on any atom is -0.143 e. The molecule has 3 rings (SSSR count). The van der Waals surface area contributed by atoms with E-state index in [0.717, 1.165) is 10.5 Å². The van der Waals surface area contributed by atoms with E-state index in [1.165, 1.54) is 43.6 Å². The molecule has 0 spiro atoms. The molecule has 0 N–H and O–H groups in total. The fourth-order valence-corrected chi connectivity index (χ4v) is 6.04. The fourth-order valence-electron chi connectivity index (χ4n) is 2.91. The lowest BCUT2D eigenvalue weighted by atomic mass is 9.91. The summed E-state index contributed by atoms with van der Waals surface area (Å²) in [5.74, 6) is 3.43. The lowest BCUT2D eigenvalue weighted by Gasteiger charge is -2.28. The van der Waals surface area contributed by atoms with Gasteiger partial charge in [-0.3, -0.25) is 0 Å². The maximum atomic E-state index is 2.31. The Kier molecular flexibility index (Phi) is 4.02. The highest BCUT2D eigenvalue weighted by atomic mass is 32.2. The monoisotopic (exact) mass is 264 g/mol. The third-order valence-corrected chi connectivity index (χ3v) is 7.16. The average Bonchev–Trinajstić information content (AvgIpc) is 2.62. The molecule has 0 saturated heterocycles. The Labute approximate surface area is 113 Å². The van der Waals surface area contributed by atoms with Crippen LogP contribution in [0.1, 0.15) is 43.2 Å². The zero-order valence-electron chi connectivity index (χ0n) is 10.2. The van der Waals surface area contributed by atoms with Gasteiger partial charge in [0.1, 0.15) is 0 Å². The maximum Gasteiger partial charge on any atom is 0.0537 e. The van der Waals surface area contributed by atoms with Crippen LogP contribution in [0, 0.1) is 5.92 Å². The molecule has 1 aliphatic carbocycles. The van der Waals surface area contributed by atoms with Crippen molar-refractivity contribution >= 4 is 23.5 Å². The molecule has 0 radical (unpaired) electrons. The Hall–Kier alpha value is -0.0800. The Morgan fingerprint density at radius 3 is 2.00 bits per heavy atom. The number of hydrogen-bond acceptors (Lipinski definition) is 2. The molecule has 2 aliphatic rings. The van der Waals surface area contributed by atoms with Crippen LogP contribution in [0.15, 0.2) is 24.3 Å². The van der Waals surface area contributed by atoms with Crippen molar-refractivity contribution in [2.24, 2.45) is 5.92 Å². The van der Waals surface area contributed by atoms with Crippen molar-refractivity contribution in [2.45, 2.75) is 48.2 Å². The highest BCUT2D eigenvalue weighted by molar-refractivity contribution is 8.16. The molecule has 17 heavy (non-hydrogen) atoms. The SMILES string of the molecule is c1ccc2c(c1)CSC(C1CCCCC1)SC2. The minimum absolute atomic E-state index is 0.850. The third kappa shape index (κ3) is 2.85. The van der Waals surface area contributed by atoms with Gasteiger partial charge in [0.25, 0.3) is 0 Å². The van der Waals surface area contributed by atoms with Gasteiger partial charge in [-0.25, -0.2) is 0 Å². The quantitative estimate of drug-likeness (QED) is 0.694. The molecule has 0 amide bonds. The first kappa shape index (κ1) is 12.0. The highest BCUT2D eigenvalue weighted by Gasteiger charge is 2.26. The van der Waals surface area contributed by atoms with Gasteiger partial charge in [0.05, 0.1) is 4.58 Å². The van der Waals surface area contributed by atoms with Gasteiger partial charge in [-0.05, 0) is 29.9 Å². The molecule has 1 fully saturated rings. The Morgan fingerprint density at radius 2 is 1.41 bits per heavy atom. The minimum atomic E-state index is 0.850. The first-order valence-corrected chi connectivity index (χ1v) is 8.83. The molecule has 2 heteroatoms. The Morgan fingerprint density at radius 1 is 0.824 bits per heavy atom. The smallest absolute Gasteiger partial charge is 0.0537 e. The molecule has 1 aromatic carbocycles. The largest absolute Gasteiger partial charge is 0.143 e. The second-order valence-electron chi connectivity index (χ2n) is 5.16. The molecular formula is C15H20S2. The number of fused-ring (bicyclic) bond motifs is 1. The van der Waals surface area contributed by atoms with Crippen molar-refractivity contribution in [1.29, 1.82) is 0 Å². The summed E-state index contributed by atoms with van der Waals surface area (Å²) in [4.78, 5) is 0. The van der Waals surface area contributed by atoms with Crippen molar-refractivity contribution in [3.8, 4) is 0 Å². The topological polar surface area (TPSA) is 0 Å². The van der Waals surface area contributed by atoms with Crippen LogP contribution in [0.25, 0.3) is 0 Å². The number of thioether (sulfide) groups is 2. The van der Waals surface area contributed by atoms with E-state index in [-0.39, 0.29) is 0 Å². The Balaban J connectivity index is 1.68. The van der Waals surface area contributed by atoms with Gasteiger partial charge in [-0.1, -0.05) is 43.5 Å². The van der Waals surface area contributed by atoms with Crippen LogP contribution in [0.4, 0.5) is 0 Å². The van der Waals surface area contributed by atoms with Crippen molar-refractivity contribution in [3.63, 3.8) is 0 Å². The van der Waals surface area contributed by atoms with Crippen LogP contribution in [0.5, 0.6) is 0 Å². The average molecular weight is 264 g/mol. The summed E-state index contributed by atoms with van der Waals surface area (Å²) in [6.45, 7) is 0. The molecule has 1 saturated carbocycles. The van der Waals surface area contributed by atoms with E-state index < -0.39 is 0 Å². The molecule has 1 aliphatic heterocycles. The summed E-state index contributed by atoms with van der Waals surface area (Å²) in [6.07, 6.45) is 7.35. The van der Waals surface area contributed by atoms with E-state index in [4.69, 9.17) is 0 Å². The lowest BCUT2D eigenvalue weighted by molar-refractivity contribution is 0.381. The predicted molar refractivity (Wildman–Crippen MR) is 79.4 cm³/mol. The molecule has 0 atom stereocenters. The summed E-state index contributed by atoms with van der Waals surface area (Å²) in [7, 11) is 0. The first-order valence-electron chi connectivity index (χ1n) is 6.73. The molecule has 1 heterocycles. The summed E-state index contributed by atoms with van der Waals surface area (Å²) in [6, 6.07) is 8.99. The molecule has 0 unspecified atom stereocenters. The van der Waals surface area contributed by atoms with Crippen LogP contribution in [-0.4, -0.2) is 4.58 Å². The van der Waals surface area contributed by atoms with Crippen molar-refractivity contribution in [1.82, 2.24) is 0 Å². The summed E-state index contributed by atoms with van der Waals surface area (Å²) < 4.78 is 0.850.